The SMILES string of the molecule is Cc1ccc(-c2nc(CCNc3ccc([N+](=O)[O-])cc3/C=C/C(=O)[O-])cs2)cc1. The van der Waals surface area contributed by atoms with Crippen molar-refractivity contribution in [3.8, 4) is 10.6 Å². The molecule has 0 aliphatic rings. The van der Waals surface area contributed by atoms with Gasteiger partial charge in [-0.15, -0.1) is 11.3 Å². The summed E-state index contributed by atoms with van der Waals surface area (Å²) >= 11 is 1.58. The van der Waals surface area contributed by atoms with Crippen molar-refractivity contribution in [1.82, 2.24) is 4.98 Å². The molecule has 3 rings (SSSR count). The Kier molecular flexibility index (Phi) is 6.36. The van der Waals surface area contributed by atoms with Crippen LogP contribution >= 0.6 is 11.3 Å². The van der Waals surface area contributed by atoms with Gasteiger partial charge in [-0.25, -0.2) is 4.98 Å². The van der Waals surface area contributed by atoms with Gasteiger partial charge in [-0.3, -0.25) is 10.1 Å². The summed E-state index contributed by atoms with van der Waals surface area (Å²) in [4.78, 5) is 25.8. The maximum absolute atomic E-state index is 11.0. The van der Waals surface area contributed by atoms with Gasteiger partial charge in [-0.2, -0.15) is 0 Å². The Morgan fingerprint density at radius 3 is 2.69 bits per heavy atom. The summed E-state index contributed by atoms with van der Waals surface area (Å²) in [5.74, 6) is -1.37. The number of benzene rings is 2. The first-order chi connectivity index (χ1) is 13.9. The van der Waals surface area contributed by atoms with Crippen molar-refractivity contribution in [1.29, 1.82) is 0 Å². The molecule has 3 aromatic rings. The fourth-order valence-electron chi connectivity index (χ4n) is 2.70. The molecule has 2 aromatic carbocycles. The Bertz CT molecular complexity index is 1060. The molecule has 8 heteroatoms. The van der Waals surface area contributed by atoms with Crippen LogP contribution in [-0.2, 0) is 11.2 Å². The maximum atomic E-state index is 11.0. The van der Waals surface area contributed by atoms with E-state index in [1.807, 2.05) is 36.6 Å². The van der Waals surface area contributed by atoms with Crippen molar-refractivity contribution in [3.63, 3.8) is 0 Å². The molecule has 0 saturated heterocycles. The quantitative estimate of drug-likeness (QED) is 0.347. The number of nitrogens with zero attached hydrogens (tertiary/aromatic N) is 2. The lowest BCUT2D eigenvalue weighted by Gasteiger charge is -2.09. The smallest absolute Gasteiger partial charge is 0.270 e. The minimum Gasteiger partial charge on any atom is -0.545 e. The molecular formula is C21H18N3O4S-. The molecule has 148 valence electrons. The number of nitrogens with one attached hydrogen (secondary N) is 1. The van der Waals surface area contributed by atoms with Gasteiger partial charge in [-0.05, 0) is 19.1 Å². The molecule has 0 radical (unpaired) electrons. The van der Waals surface area contributed by atoms with Crippen molar-refractivity contribution < 1.29 is 14.8 Å². The Balaban J connectivity index is 1.67. The molecule has 1 heterocycles. The van der Waals surface area contributed by atoms with E-state index >= 15 is 0 Å². The van der Waals surface area contributed by atoms with Gasteiger partial charge in [0.2, 0.25) is 0 Å². The van der Waals surface area contributed by atoms with Crippen molar-refractivity contribution in [2.75, 3.05) is 11.9 Å². The number of aryl methyl sites for hydroxylation is 1. The second kappa shape index (κ2) is 9.11. The number of aliphatic carboxylic acids is 1. The van der Waals surface area contributed by atoms with Crippen molar-refractivity contribution in [2.24, 2.45) is 0 Å². The summed E-state index contributed by atoms with van der Waals surface area (Å²) in [6.07, 6.45) is 2.78. The van der Waals surface area contributed by atoms with Gasteiger partial charge in [0.25, 0.3) is 5.69 Å². The number of rotatable bonds is 8. The predicted octanol–water partition coefficient (Wildman–Crippen LogP) is 3.44. The summed E-state index contributed by atoms with van der Waals surface area (Å²) in [6.45, 7) is 2.58. The van der Waals surface area contributed by atoms with E-state index in [2.05, 4.69) is 10.3 Å². The van der Waals surface area contributed by atoms with Gasteiger partial charge in [-0.1, -0.05) is 35.9 Å². The minimum absolute atomic E-state index is 0.115. The van der Waals surface area contributed by atoms with E-state index in [4.69, 9.17) is 0 Å². The van der Waals surface area contributed by atoms with E-state index < -0.39 is 10.9 Å². The number of nitro groups is 1. The number of non-ortho nitro benzene ring substituents is 1. The Morgan fingerprint density at radius 1 is 1.24 bits per heavy atom. The van der Waals surface area contributed by atoms with Crippen molar-refractivity contribution in [3.05, 3.63) is 80.9 Å². The first-order valence-corrected chi connectivity index (χ1v) is 9.73. The molecule has 1 aromatic heterocycles. The van der Waals surface area contributed by atoms with Crippen LogP contribution in [0.4, 0.5) is 11.4 Å². The number of carboxylic acids is 1. The summed E-state index contributed by atoms with van der Waals surface area (Å²) in [7, 11) is 0. The standard InChI is InChI=1S/C21H19N3O4S/c1-14-2-4-15(5-3-14)21-23-17(13-29-21)10-11-22-19-8-7-18(24(27)28)12-16(19)6-9-20(25)26/h2-9,12-13,22H,10-11H2,1H3,(H,25,26)/p-1/b9-6+. The highest BCUT2D eigenvalue weighted by Crippen LogP contribution is 2.25. The Hall–Kier alpha value is -3.52. The van der Waals surface area contributed by atoms with Gasteiger partial charge in [0.15, 0.2) is 0 Å². The van der Waals surface area contributed by atoms with Crippen LogP contribution in [-0.4, -0.2) is 22.4 Å². The Labute approximate surface area is 171 Å². The lowest BCUT2D eigenvalue weighted by atomic mass is 10.1. The first kappa shape index (κ1) is 20.2. The van der Waals surface area contributed by atoms with E-state index in [9.17, 15) is 20.0 Å². The summed E-state index contributed by atoms with van der Waals surface area (Å²) in [5, 5.41) is 27.8. The van der Waals surface area contributed by atoms with E-state index in [0.29, 0.717) is 24.2 Å². The topological polar surface area (TPSA) is 108 Å². The van der Waals surface area contributed by atoms with Gasteiger partial charge < -0.3 is 15.2 Å². The van der Waals surface area contributed by atoms with Crippen molar-refractivity contribution in [2.45, 2.75) is 13.3 Å². The lowest BCUT2D eigenvalue weighted by Crippen LogP contribution is -2.18. The molecule has 0 fully saturated rings. The van der Waals surface area contributed by atoms with E-state index in [1.54, 1.807) is 17.4 Å². The molecule has 0 aliphatic heterocycles. The molecule has 7 nitrogen and oxygen atoms in total. The van der Waals surface area contributed by atoms with Crippen LogP contribution < -0.4 is 10.4 Å². The molecule has 0 bridgehead atoms. The van der Waals surface area contributed by atoms with Gasteiger partial charge in [0.1, 0.15) is 5.01 Å². The van der Waals surface area contributed by atoms with Crippen LogP contribution in [0.5, 0.6) is 0 Å². The highest BCUT2D eigenvalue weighted by Gasteiger charge is 2.10. The van der Waals surface area contributed by atoms with Crippen LogP contribution in [0.25, 0.3) is 16.6 Å². The number of thiazole rings is 1. The second-order valence-corrected chi connectivity index (χ2v) is 7.23. The number of carbonyl (C=O) groups is 1. The molecule has 0 amide bonds. The second-order valence-electron chi connectivity index (χ2n) is 6.37. The molecule has 0 saturated carbocycles. The van der Waals surface area contributed by atoms with Gasteiger partial charge in [0, 0.05) is 47.3 Å². The molecule has 1 N–H and O–H groups in total. The van der Waals surface area contributed by atoms with Gasteiger partial charge in [0.05, 0.1) is 16.6 Å². The summed E-state index contributed by atoms with van der Waals surface area (Å²) in [5.41, 5.74) is 4.10. The average Bonchev–Trinajstić information content (AvgIpc) is 3.16. The summed E-state index contributed by atoms with van der Waals surface area (Å²) in [6, 6.07) is 12.4. The lowest BCUT2D eigenvalue weighted by molar-refractivity contribution is -0.384. The van der Waals surface area contributed by atoms with Crippen LogP contribution in [0.15, 0.2) is 53.9 Å². The van der Waals surface area contributed by atoms with Crippen LogP contribution in [0, 0.1) is 17.0 Å². The largest absolute Gasteiger partial charge is 0.545 e. The third-order valence-electron chi connectivity index (χ3n) is 4.19. The zero-order valence-corrected chi connectivity index (χ0v) is 16.4. The zero-order valence-electron chi connectivity index (χ0n) is 15.6. The number of carbonyl (C=O) groups excluding carboxylic acids is 1. The van der Waals surface area contributed by atoms with E-state index in [1.165, 1.54) is 23.8 Å². The van der Waals surface area contributed by atoms with E-state index in [0.717, 1.165) is 22.3 Å². The van der Waals surface area contributed by atoms with Crippen LogP contribution in [0.2, 0.25) is 0 Å². The number of carboxylic acid groups (broad SMARTS) is 1. The fourth-order valence-corrected chi connectivity index (χ4v) is 3.56. The Morgan fingerprint density at radius 2 is 2.00 bits per heavy atom. The van der Waals surface area contributed by atoms with Crippen LogP contribution in [0.3, 0.4) is 0 Å². The predicted molar refractivity (Wildman–Crippen MR) is 112 cm³/mol. The number of hydrogen-bond donors (Lipinski definition) is 1. The van der Waals surface area contributed by atoms with Crippen molar-refractivity contribution >= 4 is 34.8 Å². The molecular weight excluding hydrogens is 390 g/mol. The number of anilines is 1. The molecule has 0 atom stereocenters. The maximum Gasteiger partial charge on any atom is 0.270 e. The fraction of sp³-hybridized carbons (Fsp3) is 0.143. The zero-order chi connectivity index (χ0) is 20.8. The van der Waals surface area contributed by atoms with Crippen LogP contribution in [0.1, 0.15) is 16.8 Å². The molecule has 0 spiro atoms. The highest BCUT2D eigenvalue weighted by atomic mass is 32.1. The first-order valence-electron chi connectivity index (χ1n) is 8.85. The monoisotopic (exact) mass is 408 g/mol. The third kappa shape index (κ3) is 5.49. The number of aromatic nitrogens is 1. The normalized spacial score (nSPS) is 10.9. The molecule has 29 heavy (non-hydrogen) atoms. The average molecular weight is 408 g/mol. The van der Waals surface area contributed by atoms with E-state index in [-0.39, 0.29) is 5.69 Å². The summed E-state index contributed by atoms with van der Waals surface area (Å²) < 4.78 is 0. The molecule has 0 aliphatic carbocycles. The third-order valence-corrected chi connectivity index (χ3v) is 5.13. The number of nitro benzene ring substituents is 1. The van der Waals surface area contributed by atoms with Gasteiger partial charge >= 0.3 is 0 Å². The highest BCUT2D eigenvalue weighted by molar-refractivity contribution is 7.13. The number of hydrogen-bond acceptors (Lipinski definition) is 7. The minimum atomic E-state index is -1.37. The molecule has 0 unspecified atom stereocenters.